The summed E-state index contributed by atoms with van der Waals surface area (Å²) in [6, 6.07) is 8.48. The molecule has 1 atom stereocenters. The molecule has 1 fully saturated rings. The number of anilines is 1. The van der Waals surface area contributed by atoms with Gasteiger partial charge in [0.15, 0.2) is 0 Å². The smallest absolute Gasteiger partial charge is 0.0991 e. The zero-order valence-electron chi connectivity index (χ0n) is 10.2. The third kappa shape index (κ3) is 2.70. The Hall–Kier alpha value is -1.42. The van der Waals surface area contributed by atoms with Gasteiger partial charge in [0.05, 0.1) is 6.33 Å². The van der Waals surface area contributed by atoms with Crippen LogP contribution in [0.3, 0.4) is 0 Å². The zero-order chi connectivity index (χ0) is 12.2. The van der Waals surface area contributed by atoms with Gasteiger partial charge in [-0.2, -0.15) is 11.8 Å². The lowest BCUT2D eigenvalue weighted by molar-refractivity contribution is 0.632. The maximum absolute atomic E-state index is 4.08. The van der Waals surface area contributed by atoms with Gasteiger partial charge in [0.2, 0.25) is 0 Å². The topological polar surface area (TPSA) is 29.9 Å². The molecule has 1 aliphatic rings. The molecule has 1 N–H and O–H groups in total. The van der Waals surface area contributed by atoms with Gasteiger partial charge in [0.25, 0.3) is 0 Å². The number of benzene rings is 1. The Morgan fingerprint density at radius 1 is 1.44 bits per heavy atom. The molecule has 0 amide bonds. The normalized spacial score (nSPS) is 19.0. The molecule has 18 heavy (non-hydrogen) atoms. The Kier molecular flexibility index (Phi) is 3.55. The molecule has 0 aliphatic carbocycles. The predicted molar refractivity (Wildman–Crippen MR) is 77.5 cm³/mol. The van der Waals surface area contributed by atoms with Gasteiger partial charge in [-0.25, -0.2) is 4.98 Å². The number of aromatic nitrogens is 2. The van der Waals surface area contributed by atoms with Crippen molar-refractivity contribution in [2.75, 3.05) is 23.4 Å². The lowest BCUT2D eigenvalue weighted by atomic mass is 10.1. The highest BCUT2D eigenvalue weighted by molar-refractivity contribution is 7.99. The molecule has 3 nitrogen and oxygen atoms in total. The molecular weight excluding hydrogens is 242 g/mol. The molecule has 2 heterocycles. The molecule has 1 aliphatic heterocycles. The summed E-state index contributed by atoms with van der Waals surface area (Å²) in [6.45, 7) is 1.08. The van der Waals surface area contributed by atoms with Crippen molar-refractivity contribution in [3.63, 3.8) is 0 Å². The van der Waals surface area contributed by atoms with E-state index in [9.17, 15) is 0 Å². The largest absolute Gasteiger partial charge is 0.385 e. The van der Waals surface area contributed by atoms with Crippen molar-refractivity contribution in [1.82, 2.24) is 9.55 Å². The van der Waals surface area contributed by atoms with Crippen LogP contribution in [0.5, 0.6) is 0 Å². The van der Waals surface area contributed by atoms with Crippen molar-refractivity contribution >= 4 is 17.4 Å². The second kappa shape index (κ2) is 5.48. The van der Waals surface area contributed by atoms with Crippen LogP contribution in [0, 0.1) is 5.92 Å². The van der Waals surface area contributed by atoms with E-state index in [1.165, 1.54) is 23.6 Å². The summed E-state index contributed by atoms with van der Waals surface area (Å²) in [6.07, 6.45) is 6.94. The van der Waals surface area contributed by atoms with E-state index in [0.29, 0.717) is 0 Å². The molecule has 94 valence electrons. The van der Waals surface area contributed by atoms with Gasteiger partial charge < -0.3 is 9.88 Å². The molecule has 3 rings (SSSR count). The Balaban J connectivity index is 1.67. The van der Waals surface area contributed by atoms with Gasteiger partial charge in [0, 0.05) is 30.3 Å². The Bertz CT molecular complexity index is 490. The van der Waals surface area contributed by atoms with Crippen molar-refractivity contribution in [3.8, 4) is 5.69 Å². The molecule has 1 unspecified atom stereocenters. The molecule has 1 aromatic carbocycles. The van der Waals surface area contributed by atoms with Gasteiger partial charge in [0.1, 0.15) is 0 Å². The fraction of sp³-hybridized carbons (Fsp3) is 0.357. The summed E-state index contributed by atoms with van der Waals surface area (Å²) in [5.41, 5.74) is 2.34. The third-order valence-electron chi connectivity index (χ3n) is 3.27. The van der Waals surface area contributed by atoms with E-state index < -0.39 is 0 Å². The average molecular weight is 259 g/mol. The van der Waals surface area contributed by atoms with E-state index in [0.717, 1.165) is 18.2 Å². The number of hydrogen-bond donors (Lipinski definition) is 1. The van der Waals surface area contributed by atoms with Crippen LogP contribution in [0.4, 0.5) is 5.69 Å². The summed E-state index contributed by atoms with van der Waals surface area (Å²) in [4.78, 5) is 4.08. The van der Waals surface area contributed by atoms with E-state index in [2.05, 4.69) is 46.3 Å². The van der Waals surface area contributed by atoms with Gasteiger partial charge in [-0.15, -0.1) is 0 Å². The van der Waals surface area contributed by atoms with Crippen molar-refractivity contribution in [1.29, 1.82) is 0 Å². The predicted octanol–water partition coefficient (Wildman–Crippen LogP) is 3.04. The molecule has 0 bridgehead atoms. The maximum Gasteiger partial charge on any atom is 0.0991 e. The highest BCUT2D eigenvalue weighted by Crippen LogP contribution is 2.24. The molecule has 0 radical (unpaired) electrons. The van der Waals surface area contributed by atoms with E-state index in [1.807, 2.05) is 17.1 Å². The number of rotatable bonds is 4. The summed E-state index contributed by atoms with van der Waals surface area (Å²) < 4.78 is 2.02. The van der Waals surface area contributed by atoms with Gasteiger partial charge in [-0.05, 0) is 42.0 Å². The van der Waals surface area contributed by atoms with E-state index in [4.69, 9.17) is 0 Å². The second-order valence-corrected chi connectivity index (χ2v) is 5.78. The van der Waals surface area contributed by atoms with Crippen LogP contribution in [-0.2, 0) is 0 Å². The summed E-state index contributed by atoms with van der Waals surface area (Å²) >= 11 is 2.07. The minimum Gasteiger partial charge on any atom is -0.385 e. The first kappa shape index (κ1) is 11.7. The maximum atomic E-state index is 4.08. The highest BCUT2D eigenvalue weighted by Gasteiger charge is 2.14. The molecular formula is C14H17N3S. The fourth-order valence-electron chi connectivity index (χ4n) is 2.19. The summed E-state index contributed by atoms with van der Waals surface area (Å²) in [5.74, 6) is 3.45. The minimum absolute atomic E-state index is 0.826. The SMILES string of the molecule is c1cc(NCC2CCSC2)cc(-n2ccnc2)c1. The van der Waals surface area contributed by atoms with Crippen molar-refractivity contribution in [2.45, 2.75) is 6.42 Å². The van der Waals surface area contributed by atoms with Gasteiger partial charge in [-0.1, -0.05) is 6.07 Å². The van der Waals surface area contributed by atoms with E-state index >= 15 is 0 Å². The van der Waals surface area contributed by atoms with E-state index in [-0.39, 0.29) is 0 Å². The molecule has 2 aromatic rings. The quantitative estimate of drug-likeness (QED) is 0.915. The highest BCUT2D eigenvalue weighted by atomic mass is 32.2. The van der Waals surface area contributed by atoms with Crippen LogP contribution in [0.1, 0.15) is 6.42 Å². The molecule has 0 spiro atoms. The monoisotopic (exact) mass is 259 g/mol. The number of nitrogens with one attached hydrogen (secondary N) is 1. The Morgan fingerprint density at radius 3 is 3.22 bits per heavy atom. The molecule has 0 saturated carbocycles. The van der Waals surface area contributed by atoms with E-state index in [1.54, 1.807) is 6.20 Å². The molecule has 4 heteroatoms. The number of thioether (sulfide) groups is 1. The fourth-order valence-corrected chi connectivity index (χ4v) is 3.48. The van der Waals surface area contributed by atoms with Crippen LogP contribution < -0.4 is 5.32 Å². The minimum atomic E-state index is 0.826. The summed E-state index contributed by atoms with van der Waals surface area (Å²) in [7, 11) is 0. The van der Waals surface area contributed by atoms with Crippen molar-refractivity contribution in [2.24, 2.45) is 5.92 Å². The van der Waals surface area contributed by atoms with Crippen molar-refractivity contribution < 1.29 is 0 Å². The lowest BCUT2D eigenvalue weighted by Crippen LogP contribution is -2.13. The van der Waals surface area contributed by atoms with Crippen LogP contribution in [-0.4, -0.2) is 27.6 Å². The first-order valence-electron chi connectivity index (χ1n) is 6.32. The average Bonchev–Trinajstić information content (AvgIpc) is 3.10. The van der Waals surface area contributed by atoms with Gasteiger partial charge in [-0.3, -0.25) is 0 Å². The lowest BCUT2D eigenvalue weighted by Gasteiger charge is -2.12. The third-order valence-corrected chi connectivity index (χ3v) is 4.50. The van der Waals surface area contributed by atoms with Crippen LogP contribution in [0.15, 0.2) is 43.0 Å². The van der Waals surface area contributed by atoms with Crippen LogP contribution >= 0.6 is 11.8 Å². The van der Waals surface area contributed by atoms with Crippen LogP contribution in [0.25, 0.3) is 5.69 Å². The molecule has 1 aromatic heterocycles. The Labute approximate surface area is 112 Å². The number of nitrogens with zero attached hydrogens (tertiary/aromatic N) is 2. The zero-order valence-corrected chi connectivity index (χ0v) is 11.1. The van der Waals surface area contributed by atoms with Gasteiger partial charge >= 0.3 is 0 Å². The van der Waals surface area contributed by atoms with Crippen LogP contribution in [0.2, 0.25) is 0 Å². The first-order valence-corrected chi connectivity index (χ1v) is 7.47. The first-order chi connectivity index (χ1) is 8.92. The second-order valence-electron chi connectivity index (χ2n) is 4.63. The summed E-state index contributed by atoms with van der Waals surface area (Å²) in [5, 5.41) is 3.54. The number of hydrogen-bond acceptors (Lipinski definition) is 3. The Morgan fingerprint density at radius 2 is 2.44 bits per heavy atom. The van der Waals surface area contributed by atoms with Crippen molar-refractivity contribution in [3.05, 3.63) is 43.0 Å². The number of imidazole rings is 1. The molecule has 1 saturated heterocycles. The standard InChI is InChI=1S/C14H17N3S/c1-2-13(16-9-12-4-7-18-10-12)8-14(3-1)17-6-5-15-11-17/h1-3,5-6,8,11-12,16H,4,7,9-10H2.